The summed E-state index contributed by atoms with van der Waals surface area (Å²) in [5.74, 6) is 0.988. The lowest BCUT2D eigenvalue weighted by Crippen LogP contribution is -2.41. The fourth-order valence-electron chi connectivity index (χ4n) is 2.43. The lowest BCUT2D eigenvalue weighted by Gasteiger charge is -2.37. The minimum Gasteiger partial charge on any atom is -0.388 e. The zero-order valence-electron chi connectivity index (χ0n) is 9.48. The number of para-hydroxylation sites is 2. The summed E-state index contributed by atoms with van der Waals surface area (Å²) in [6, 6.07) is 8.10. The van der Waals surface area contributed by atoms with Crippen molar-refractivity contribution >= 4 is 11.0 Å². The molecular weight excluding hydrogens is 200 g/mol. The Labute approximate surface area is 94.7 Å². The van der Waals surface area contributed by atoms with Crippen LogP contribution < -0.4 is 0 Å². The van der Waals surface area contributed by atoms with Gasteiger partial charge in [0.15, 0.2) is 0 Å². The smallest absolute Gasteiger partial charge is 0.106 e. The van der Waals surface area contributed by atoms with Gasteiger partial charge >= 0.3 is 0 Å². The summed E-state index contributed by atoms with van der Waals surface area (Å²) >= 11 is 0. The highest BCUT2D eigenvalue weighted by molar-refractivity contribution is 5.75. The van der Waals surface area contributed by atoms with Crippen LogP contribution in [-0.4, -0.2) is 20.3 Å². The third kappa shape index (κ3) is 1.43. The van der Waals surface area contributed by atoms with Gasteiger partial charge in [-0.2, -0.15) is 0 Å². The van der Waals surface area contributed by atoms with E-state index < -0.39 is 5.60 Å². The highest BCUT2D eigenvalue weighted by Gasteiger charge is 2.35. The number of aliphatic hydroxyl groups is 1. The molecule has 1 aliphatic rings. The van der Waals surface area contributed by atoms with Crippen molar-refractivity contribution in [2.75, 3.05) is 0 Å². The first-order valence-electron chi connectivity index (χ1n) is 5.82. The van der Waals surface area contributed by atoms with E-state index in [1.807, 2.05) is 25.1 Å². The molecule has 0 saturated heterocycles. The predicted octanol–water partition coefficient (Wildman–Crippen LogP) is 2.26. The molecular formula is C13H16N2O. The average molecular weight is 216 g/mol. The quantitative estimate of drug-likeness (QED) is 0.836. The second-order valence-corrected chi connectivity index (χ2v) is 4.81. The molecule has 1 aromatic carbocycles. The number of rotatable bonds is 2. The predicted molar refractivity (Wildman–Crippen MR) is 63.3 cm³/mol. The molecule has 16 heavy (non-hydrogen) atoms. The number of hydrogen-bond donors (Lipinski definition) is 1. The maximum absolute atomic E-state index is 10.2. The van der Waals surface area contributed by atoms with Crippen molar-refractivity contribution in [2.45, 2.75) is 38.3 Å². The number of aromatic nitrogens is 2. The van der Waals surface area contributed by atoms with Gasteiger partial charge in [-0.3, -0.25) is 0 Å². The Hall–Kier alpha value is -1.35. The largest absolute Gasteiger partial charge is 0.388 e. The van der Waals surface area contributed by atoms with Crippen molar-refractivity contribution in [3.63, 3.8) is 0 Å². The van der Waals surface area contributed by atoms with E-state index in [4.69, 9.17) is 0 Å². The summed E-state index contributed by atoms with van der Waals surface area (Å²) in [6.45, 7) is 2.68. The van der Waals surface area contributed by atoms with E-state index in [9.17, 15) is 5.11 Å². The first-order chi connectivity index (χ1) is 7.68. The fourth-order valence-corrected chi connectivity index (χ4v) is 2.43. The zero-order chi connectivity index (χ0) is 11.2. The van der Waals surface area contributed by atoms with Crippen LogP contribution in [-0.2, 0) is 6.54 Å². The maximum Gasteiger partial charge on any atom is 0.106 e. The second kappa shape index (κ2) is 3.32. The molecule has 3 heteroatoms. The third-order valence-electron chi connectivity index (χ3n) is 3.58. The number of hydrogen-bond acceptors (Lipinski definition) is 2. The first-order valence-corrected chi connectivity index (χ1v) is 5.82. The van der Waals surface area contributed by atoms with Crippen LogP contribution >= 0.6 is 0 Å². The van der Waals surface area contributed by atoms with Crippen LogP contribution in [0.15, 0.2) is 24.3 Å². The van der Waals surface area contributed by atoms with Crippen molar-refractivity contribution in [3.05, 3.63) is 30.1 Å². The van der Waals surface area contributed by atoms with Crippen LogP contribution in [0, 0.1) is 6.92 Å². The van der Waals surface area contributed by atoms with Crippen molar-refractivity contribution < 1.29 is 5.11 Å². The Bertz CT molecular complexity index is 526. The van der Waals surface area contributed by atoms with Gasteiger partial charge in [0.25, 0.3) is 0 Å². The Morgan fingerprint density at radius 3 is 2.81 bits per heavy atom. The number of benzene rings is 1. The van der Waals surface area contributed by atoms with Crippen LogP contribution in [0.3, 0.4) is 0 Å². The molecule has 1 aliphatic carbocycles. The van der Waals surface area contributed by atoms with Gasteiger partial charge in [-0.1, -0.05) is 12.1 Å². The molecule has 3 nitrogen and oxygen atoms in total. The highest BCUT2D eigenvalue weighted by atomic mass is 16.3. The van der Waals surface area contributed by atoms with Crippen molar-refractivity contribution in [3.8, 4) is 0 Å². The van der Waals surface area contributed by atoms with Gasteiger partial charge in [-0.25, -0.2) is 4.98 Å². The summed E-state index contributed by atoms with van der Waals surface area (Å²) in [4.78, 5) is 4.51. The Morgan fingerprint density at radius 2 is 2.12 bits per heavy atom. The highest BCUT2D eigenvalue weighted by Crippen LogP contribution is 2.34. The molecule has 0 atom stereocenters. The Balaban J connectivity index is 2.05. The monoisotopic (exact) mass is 216 g/mol. The maximum atomic E-state index is 10.2. The minimum atomic E-state index is -0.492. The topological polar surface area (TPSA) is 38.0 Å². The summed E-state index contributed by atoms with van der Waals surface area (Å²) < 4.78 is 2.13. The number of aryl methyl sites for hydroxylation is 1. The van der Waals surface area contributed by atoms with Crippen molar-refractivity contribution in [1.29, 1.82) is 0 Å². The second-order valence-electron chi connectivity index (χ2n) is 4.81. The summed E-state index contributed by atoms with van der Waals surface area (Å²) in [7, 11) is 0. The van der Waals surface area contributed by atoms with E-state index in [1.165, 1.54) is 0 Å². The SMILES string of the molecule is Cc1nc2ccccc2n1CC1(O)CCC1. The minimum absolute atomic E-state index is 0.492. The lowest BCUT2D eigenvalue weighted by molar-refractivity contribution is -0.0468. The van der Waals surface area contributed by atoms with E-state index in [-0.39, 0.29) is 0 Å². The van der Waals surface area contributed by atoms with E-state index >= 15 is 0 Å². The van der Waals surface area contributed by atoms with Crippen LogP contribution in [0.4, 0.5) is 0 Å². The van der Waals surface area contributed by atoms with Crippen LogP contribution in [0.2, 0.25) is 0 Å². The summed E-state index contributed by atoms with van der Waals surface area (Å²) in [6.07, 6.45) is 2.97. The van der Waals surface area contributed by atoms with Crippen LogP contribution in [0.5, 0.6) is 0 Å². The van der Waals surface area contributed by atoms with Gasteiger partial charge in [0.2, 0.25) is 0 Å². The standard InChI is InChI=1S/C13H16N2O/c1-10-14-11-5-2-3-6-12(11)15(10)9-13(16)7-4-8-13/h2-3,5-6,16H,4,7-9H2,1H3. The molecule has 0 radical (unpaired) electrons. The lowest BCUT2D eigenvalue weighted by atomic mass is 9.80. The molecule has 1 fully saturated rings. The third-order valence-corrected chi connectivity index (χ3v) is 3.58. The van der Waals surface area contributed by atoms with E-state index in [2.05, 4.69) is 15.6 Å². The van der Waals surface area contributed by atoms with E-state index in [0.717, 1.165) is 36.1 Å². The molecule has 1 saturated carbocycles. The van der Waals surface area contributed by atoms with E-state index in [0.29, 0.717) is 6.54 Å². The average Bonchev–Trinajstić information content (AvgIpc) is 2.53. The fraction of sp³-hybridized carbons (Fsp3) is 0.462. The number of nitrogens with zero attached hydrogens (tertiary/aromatic N) is 2. The van der Waals surface area contributed by atoms with Crippen LogP contribution in [0.25, 0.3) is 11.0 Å². The van der Waals surface area contributed by atoms with Crippen molar-refractivity contribution in [2.24, 2.45) is 0 Å². The molecule has 0 aliphatic heterocycles. The molecule has 1 N–H and O–H groups in total. The van der Waals surface area contributed by atoms with Crippen molar-refractivity contribution in [1.82, 2.24) is 9.55 Å². The molecule has 2 aromatic rings. The van der Waals surface area contributed by atoms with Gasteiger partial charge in [-0.05, 0) is 38.3 Å². The van der Waals surface area contributed by atoms with Gasteiger partial charge in [0.05, 0.1) is 23.2 Å². The summed E-state index contributed by atoms with van der Waals surface area (Å²) in [5.41, 5.74) is 1.65. The molecule has 0 spiro atoms. The number of imidazole rings is 1. The van der Waals surface area contributed by atoms with Crippen LogP contribution in [0.1, 0.15) is 25.1 Å². The molecule has 84 valence electrons. The van der Waals surface area contributed by atoms with Gasteiger partial charge in [0.1, 0.15) is 5.82 Å². The van der Waals surface area contributed by atoms with E-state index in [1.54, 1.807) is 0 Å². The number of fused-ring (bicyclic) bond motifs is 1. The zero-order valence-corrected chi connectivity index (χ0v) is 9.48. The Morgan fingerprint density at radius 1 is 1.38 bits per heavy atom. The summed E-state index contributed by atoms with van der Waals surface area (Å²) in [5, 5.41) is 10.2. The molecule has 0 amide bonds. The molecule has 0 unspecified atom stereocenters. The molecule has 0 bridgehead atoms. The van der Waals surface area contributed by atoms with Gasteiger partial charge in [0, 0.05) is 0 Å². The Kier molecular flexibility index (Phi) is 2.04. The molecule has 3 rings (SSSR count). The normalized spacial score (nSPS) is 18.6. The molecule has 1 heterocycles. The van der Waals surface area contributed by atoms with Gasteiger partial charge in [-0.15, -0.1) is 0 Å². The first kappa shape index (κ1) is 9.85. The molecule has 1 aromatic heterocycles. The van der Waals surface area contributed by atoms with Gasteiger partial charge < -0.3 is 9.67 Å².